The fourth-order valence-corrected chi connectivity index (χ4v) is 0.463. The van der Waals surface area contributed by atoms with Gasteiger partial charge in [-0.05, 0) is 6.42 Å². The fraction of sp³-hybridized carbons (Fsp3) is 1.00. The molecule has 3 radical (unpaired) electrons. The van der Waals surface area contributed by atoms with Crippen LogP contribution in [-0.4, -0.2) is 23.1 Å². The van der Waals surface area contributed by atoms with Crippen LogP contribution < -0.4 is 0 Å². The summed E-state index contributed by atoms with van der Waals surface area (Å²) in [6, 6.07) is 0. The molecule has 0 aliphatic rings. The summed E-state index contributed by atoms with van der Waals surface area (Å²) in [5, 5.41) is 0. The van der Waals surface area contributed by atoms with Crippen molar-refractivity contribution in [1.29, 1.82) is 0 Å². The molecule has 0 aromatic carbocycles. The maximum absolute atomic E-state index is 4.99. The number of rotatable bonds is 4. The van der Waals surface area contributed by atoms with E-state index >= 15 is 0 Å². The zero-order valence-corrected chi connectivity index (χ0v) is 5.74. The molecule has 7 heavy (non-hydrogen) atoms. The molecule has 0 aromatic heterocycles. The summed E-state index contributed by atoms with van der Waals surface area (Å²) in [6.45, 7) is 3.04. The van der Waals surface area contributed by atoms with Crippen molar-refractivity contribution < 1.29 is 4.74 Å². The van der Waals surface area contributed by atoms with Gasteiger partial charge in [0.15, 0.2) is 0 Å². The smallest absolute Gasteiger partial charge is 0.0609 e. The van der Waals surface area contributed by atoms with Crippen LogP contribution in [0.5, 0.6) is 0 Å². The monoisotopic (exact) mass is 115 g/mol. The molecule has 0 N–H and O–H groups in total. The minimum absolute atomic E-state index is 0.667. The van der Waals surface area contributed by atoms with E-state index in [9.17, 15) is 0 Å². The number of ether oxygens (including phenoxy) is 1. The largest absolute Gasteiger partial charge is 0.386 e. The van der Waals surface area contributed by atoms with Crippen LogP contribution in [0.4, 0.5) is 0 Å². The minimum Gasteiger partial charge on any atom is -0.386 e. The molecule has 0 saturated carbocycles. The van der Waals surface area contributed by atoms with Crippen LogP contribution >= 0.6 is 0 Å². The molecule has 0 amide bonds. The first-order valence-electron chi connectivity index (χ1n) is 2.64. The van der Waals surface area contributed by atoms with Gasteiger partial charge in [-0.3, -0.25) is 0 Å². The van der Waals surface area contributed by atoms with Crippen molar-refractivity contribution in [2.75, 3.05) is 12.8 Å². The second-order valence-corrected chi connectivity index (χ2v) is 1.69. The van der Waals surface area contributed by atoms with Gasteiger partial charge in [0.1, 0.15) is 0 Å². The summed E-state index contributed by atoms with van der Waals surface area (Å²) in [5.74, 6) is 0. The second-order valence-electron chi connectivity index (χ2n) is 1.41. The average molecular weight is 115 g/mol. The first-order valence-corrected chi connectivity index (χ1v) is 3.35. The Morgan fingerprint density at radius 2 is 2.29 bits per heavy atom. The van der Waals surface area contributed by atoms with E-state index in [0.29, 0.717) is 6.23 Å². The molecule has 0 fully saturated rings. The molecule has 41 valence electrons. The molecule has 0 spiro atoms. The van der Waals surface area contributed by atoms with Gasteiger partial charge in [-0.1, -0.05) is 13.3 Å². The van der Waals surface area contributed by atoms with Gasteiger partial charge in [0, 0.05) is 12.8 Å². The Labute approximate surface area is 48.5 Å². The van der Waals surface area contributed by atoms with Crippen LogP contribution in [0, 0.1) is 0 Å². The highest BCUT2D eigenvalue weighted by molar-refractivity contribution is 6.08. The van der Waals surface area contributed by atoms with Crippen molar-refractivity contribution >= 4 is 10.2 Å². The summed E-state index contributed by atoms with van der Waals surface area (Å²) in [6.07, 6.45) is 3.05. The van der Waals surface area contributed by atoms with Crippen molar-refractivity contribution in [2.45, 2.75) is 19.8 Å². The van der Waals surface area contributed by atoms with Crippen LogP contribution in [-0.2, 0) is 4.74 Å². The van der Waals surface area contributed by atoms with Crippen LogP contribution in [0.2, 0.25) is 0 Å². The third-order valence-electron chi connectivity index (χ3n) is 0.744. The Kier molecular flexibility index (Phi) is 6.33. The normalized spacial score (nSPS) is 9.43. The standard InChI is InChI=1S/C5H11OSi/c1-2-3-4-6-5-7/h2-5H2,1H3. The first kappa shape index (κ1) is 7.18. The zero-order chi connectivity index (χ0) is 5.54. The molecule has 0 bridgehead atoms. The Hall–Kier alpha value is 0.177. The molecule has 0 aliphatic carbocycles. The quantitative estimate of drug-likeness (QED) is 0.391. The topological polar surface area (TPSA) is 9.23 Å². The zero-order valence-electron chi connectivity index (χ0n) is 4.74. The molecule has 0 rings (SSSR count). The van der Waals surface area contributed by atoms with E-state index in [1.54, 1.807) is 0 Å². The molecule has 0 heterocycles. The third kappa shape index (κ3) is 6.18. The maximum Gasteiger partial charge on any atom is 0.0609 e. The summed E-state index contributed by atoms with van der Waals surface area (Å²) < 4.78 is 4.99. The van der Waals surface area contributed by atoms with Crippen molar-refractivity contribution in [2.24, 2.45) is 0 Å². The molecule has 0 atom stereocenters. The molecule has 0 aliphatic heterocycles. The highest BCUT2D eigenvalue weighted by Gasteiger charge is 1.78. The molecule has 0 saturated heterocycles. The van der Waals surface area contributed by atoms with E-state index in [4.69, 9.17) is 4.74 Å². The summed E-state index contributed by atoms with van der Waals surface area (Å²) in [5.41, 5.74) is 0. The van der Waals surface area contributed by atoms with Gasteiger partial charge in [-0.25, -0.2) is 0 Å². The average Bonchev–Trinajstić information content (AvgIpc) is 1.69. The lowest BCUT2D eigenvalue weighted by Crippen LogP contribution is -1.94. The van der Waals surface area contributed by atoms with Gasteiger partial charge >= 0.3 is 0 Å². The van der Waals surface area contributed by atoms with Crippen LogP contribution in [0.25, 0.3) is 0 Å². The second kappa shape index (κ2) is 6.18. The first-order chi connectivity index (χ1) is 3.41. The molecular formula is C5H11OSi. The predicted molar refractivity (Wildman–Crippen MR) is 31.5 cm³/mol. The summed E-state index contributed by atoms with van der Waals surface area (Å²) >= 11 is 0. The van der Waals surface area contributed by atoms with E-state index in [0.717, 1.165) is 6.61 Å². The third-order valence-corrected chi connectivity index (χ3v) is 0.948. The lowest BCUT2D eigenvalue weighted by molar-refractivity contribution is 0.175. The van der Waals surface area contributed by atoms with Crippen LogP contribution in [0.1, 0.15) is 19.8 Å². The fourth-order valence-electron chi connectivity index (χ4n) is 0.319. The summed E-state index contributed by atoms with van der Waals surface area (Å²) in [4.78, 5) is 0. The van der Waals surface area contributed by atoms with Gasteiger partial charge in [0.25, 0.3) is 0 Å². The van der Waals surface area contributed by atoms with E-state index in [2.05, 4.69) is 17.2 Å². The van der Waals surface area contributed by atoms with Gasteiger partial charge in [0.05, 0.1) is 10.2 Å². The Balaban J connectivity index is 2.45. The predicted octanol–water partition coefficient (Wildman–Crippen LogP) is 0.929. The molecule has 0 aromatic rings. The minimum atomic E-state index is 0.667. The molecule has 1 nitrogen and oxygen atoms in total. The van der Waals surface area contributed by atoms with Gasteiger partial charge in [0.2, 0.25) is 0 Å². The lowest BCUT2D eigenvalue weighted by atomic mass is 10.4. The van der Waals surface area contributed by atoms with E-state index in [-0.39, 0.29) is 0 Å². The number of hydrogen-bond acceptors (Lipinski definition) is 1. The highest BCUT2D eigenvalue weighted by Crippen LogP contribution is 1.84. The summed E-state index contributed by atoms with van der Waals surface area (Å²) in [7, 11) is 3.20. The number of hydrogen-bond donors (Lipinski definition) is 0. The van der Waals surface area contributed by atoms with E-state index in [1.165, 1.54) is 12.8 Å². The molecular weight excluding hydrogens is 104 g/mol. The Morgan fingerprint density at radius 1 is 1.57 bits per heavy atom. The van der Waals surface area contributed by atoms with Crippen molar-refractivity contribution in [3.8, 4) is 0 Å². The van der Waals surface area contributed by atoms with Crippen LogP contribution in [0.15, 0.2) is 0 Å². The molecule has 0 unspecified atom stereocenters. The van der Waals surface area contributed by atoms with Crippen LogP contribution in [0.3, 0.4) is 0 Å². The SMILES string of the molecule is CCCCOC[Si]. The van der Waals surface area contributed by atoms with E-state index < -0.39 is 0 Å². The van der Waals surface area contributed by atoms with E-state index in [1.807, 2.05) is 0 Å². The number of unbranched alkanes of at least 4 members (excludes halogenated alkanes) is 1. The Morgan fingerprint density at radius 3 is 2.71 bits per heavy atom. The van der Waals surface area contributed by atoms with Gasteiger partial charge in [-0.2, -0.15) is 0 Å². The molecule has 2 heteroatoms. The Bertz CT molecular complexity index is 27.3. The lowest BCUT2D eigenvalue weighted by Gasteiger charge is -1.94. The van der Waals surface area contributed by atoms with Gasteiger partial charge in [-0.15, -0.1) is 0 Å². The van der Waals surface area contributed by atoms with Crippen molar-refractivity contribution in [3.05, 3.63) is 0 Å². The van der Waals surface area contributed by atoms with Crippen molar-refractivity contribution in [3.63, 3.8) is 0 Å². The van der Waals surface area contributed by atoms with Crippen molar-refractivity contribution in [1.82, 2.24) is 0 Å². The highest BCUT2D eigenvalue weighted by atomic mass is 28.1. The van der Waals surface area contributed by atoms with Gasteiger partial charge < -0.3 is 4.74 Å². The maximum atomic E-state index is 4.99.